The molecule has 1 amide bonds. The van der Waals surface area contributed by atoms with E-state index in [4.69, 9.17) is 16.3 Å². The second-order valence-corrected chi connectivity index (χ2v) is 5.95. The molecular weight excluding hydrogens is 276 g/mol. The molecule has 4 nitrogen and oxygen atoms in total. The highest BCUT2D eigenvalue weighted by Crippen LogP contribution is 2.26. The van der Waals surface area contributed by atoms with Crippen molar-refractivity contribution in [3.8, 4) is 5.75 Å². The zero-order valence-electron chi connectivity index (χ0n) is 11.6. The Hall–Kier alpha value is -1.26. The largest absolute Gasteiger partial charge is 0.478 e. The number of halogens is 1. The third-order valence-electron chi connectivity index (χ3n) is 4.16. The average molecular weight is 295 g/mol. The van der Waals surface area contributed by atoms with E-state index in [1.165, 1.54) is 12.8 Å². The van der Waals surface area contributed by atoms with E-state index in [-0.39, 0.29) is 18.1 Å². The number of nitrogens with zero attached hydrogens (tertiary/aromatic N) is 2. The molecule has 3 rings (SSSR count). The van der Waals surface area contributed by atoms with E-state index in [9.17, 15) is 4.79 Å². The van der Waals surface area contributed by atoms with Crippen LogP contribution in [-0.2, 0) is 4.79 Å². The maximum absolute atomic E-state index is 12.0. The van der Waals surface area contributed by atoms with E-state index in [2.05, 4.69) is 4.90 Å². The molecule has 0 saturated carbocycles. The van der Waals surface area contributed by atoms with Crippen molar-refractivity contribution >= 4 is 17.5 Å². The Balaban J connectivity index is 1.64. The first-order valence-corrected chi connectivity index (χ1v) is 7.44. The Morgan fingerprint density at radius 2 is 1.90 bits per heavy atom. The Kier molecular flexibility index (Phi) is 3.85. The molecule has 0 aromatic heterocycles. The lowest BCUT2D eigenvalue weighted by atomic mass is 9.98. The number of hydrogen-bond acceptors (Lipinski definition) is 3. The number of carbonyl (C=O) groups excluding carboxylic acids is 1. The van der Waals surface area contributed by atoms with Crippen LogP contribution in [0.4, 0.5) is 0 Å². The highest BCUT2D eigenvalue weighted by molar-refractivity contribution is 6.30. The molecule has 20 heavy (non-hydrogen) atoms. The summed E-state index contributed by atoms with van der Waals surface area (Å²) in [4.78, 5) is 16.2. The molecule has 0 N–H and O–H groups in total. The summed E-state index contributed by atoms with van der Waals surface area (Å²) >= 11 is 5.85. The molecule has 108 valence electrons. The number of amides is 1. The number of ether oxygens (including phenoxy) is 1. The van der Waals surface area contributed by atoms with E-state index in [1.54, 1.807) is 29.2 Å². The summed E-state index contributed by atoms with van der Waals surface area (Å²) in [6.07, 6.45) is 2.15. The second-order valence-electron chi connectivity index (χ2n) is 5.52. The minimum Gasteiger partial charge on any atom is -0.478 e. The minimum atomic E-state index is -0.359. The standard InChI is InChI=1S/C15H19ClN2O2/c1-17-13(10-18-8-2-3-9-18)14(15(17)19)20-12-6-4-11(16)5-7-12/h4-7,13-14H,2-3,8-10H2,1H3/t13-,14+/m1/s1. The van der Waals surface area contributed by atoms with Crippen LogP contribution >= 0.6 is 11.6 Å². The highest BCUT2D eigenvalue weighted by atomic mass is 35.5. The Morgan fingerprint density at radius 1 is 1.25 bits per heavy atom. The lowest BCUT2D eigenvalue weighted by molar-refractivity contribution is -0.161. The fraction of sp³-hybridized carbons (Fsp3) is 0.533. The molecule has 0 aliphatic carbocycles. The number of rotatable bonds is 4. The molecule has 5 heteroatoms. The van der Waals surface area contributed by atoms with Gasteiger partial charge in [0.25, 0.3) is 5.91 Å². The smallest absolute Gasteiger partial charge is 0.266 e. The molecule has 0 spiro atoms. The third kappa shape index (κ3) is 2.63. The summed E-state index contributed by atoms with van der Waals surface area (Å²) in [5, 5.41) is 0.669. The maximum Gasteiger partial charge on any atom is 0.266 e. The summed E-state index contributed by atoms with van der Waals surface area (Å²) in [5.41, 5.74) is 0. The number of benzene rings is 1. The Bertz CT molecular complexity index is 485. The Labute approximate surface area is 124 Å². The van der Waals surface area contributed by atoms with E-state index in [1.807, 2.05) is 7.05 Å². The van der Waals surface area contributed by atoms with Crippen LogP contribution in [0.3, 0.4) is 0 Å². The molecule has 0 bridgehead atoms. The topological polar surface area (TPSA) is 32.8 Å². The first-order valence-electron chi connectivity index (χ1n) is 7.06. The van der Waals surface area contributed by atoms with Crippen molar-refractivity contribution in [1.29, 1.82) is 0 Å². The van der Waals surface area contributed by atoms with Gasteiger partial charge in [-0.3, -0.25) is 4.79 Å². The van der Waals surface area contributed by atoms with Gasteiger partial charge in [0.15, 0.2) is 6.10 Å². The van der Waals surface area contributed by atoms with Gasteiger partial charge in [-0.25, -0.2) is 0 Å². The van der Waals surface area contributed by atoms with Crippen LogP contribution in [0.5, 0.6) is 5.75 Å². The summed E-state index contributed by atoms with van der Waals surface area (Å²) in [6, 6.07) is 7.32. The Morgan fingerprint density at radius 3 is 2.55 bits per heavy atom. The fourth-order valence-corrected chi connectivity index (χ4v) is 3.01. The molecule has 2 aliphatic rings. The molecule has 2 atom stereocenters. The molecule has 2 aliphatic heterocycles. The zero-order valence-corrected chi connectivity index (χ0v) is 12.3. The van der Waals surface area contributed by atoms with Gasteiger partial charge in [0.05, 0.1) is 6.04 Å². The zero-order chi connectivity index (χ0) is 14.1. The first-order chi connectivity index (χ1) is 9.65. The van der Waals surface area contributed by atoms with Crippen molar-refractivity contribution in [3.63, 3.8) is 0 Å². The van der Waals surface area contributed by atoms with E-state index in [0.717, 1.165) is 19.6 Å². The summed E-state index contributed by atoms with van der Waals surface area (Å²) in [5.74, 6) is 0.761. The van der Waals surface area contributed by atoms with Crippen LogP contribution in [0, 0.1) is 0 Å². The molecule has 0 unspecified atom stereocenters. The maximum atomic E-state index is 12.0. The predicted octanol–water partition coefficient (Wildman–Crippen LogP) is 2.02. The van der Waals surface area contributed by atoms with Crippen molar-refractivity contribution in [3.05, 3.63) is 29.3 Å². The van der Waals surface area contributed by atoms with E-state index >= 15 is 0 Å². The lowest BCUT2D eigenvalue weighted by Gasteiger charge is -2.45. The van der Waals surface area contributed by atoms with Crippen molar-refractivity contribution in [1.82, 2.24) is 9.80 Å². The van der Waals surface area contributed by atoms with Gasteiger partial charge in [0.1, 0.15) is 5.75 Å². The molecule has 2 saturated heterocycles. The van der Waals surface area contributed by atoms with Gasteiger partial charge in [0, 0.05) is 18.6 Å². The number of β-lactam (4-membered cyclic amide) rings is 1. The van der Waals surface area contributed by atoms with Crippen molar-refractivity contribution in [2.75, 3.05) is 26.7 Å². The summed E-state index contributed by atoms with van der Waals surface area (Å²) in [6.45, 7) is 3.17. The van der Waals surface area contributed by atoms with Gasteiger partial charge in [-0.05, 0) is 50.2 Å². The quantitative estimate of drug-likeness (QED) is 0.797. The van der Waals surface area contributed by atoms with Crippen LogP contribution in [-0.4, -0.2) is 54.5 Å². The SMILES string of the molecule is CN1C(=O)[C@@H](Oc2ccc(Cl)cc2)[C@H]1CN1CCCC1. The molecule has 2 fully saturated rings. The lowest BCUT2D eigenvalue weighted by Crippen LogP contribution is -2.68. The van der Waals surface area contributed by atoms with Gasteiger partial charge in [-0.15, -0.1) is 0 Å². The van der Waals surface area contributed by atoms with Gasteiger partial charge < -0.3 is 14.5 Å². The van der Waals surface area contributed by atoms with Crippen molar-refractivity contribution in [2.24, 2.45) is 0 Å². The molecule has 1 aromatic carbocycles. The molecular formula is C15H19ClN2O2. The first kappa shape index (κ1) is 13.7. The minimum absolute atomic E-state index is 0.0594. The molecule has 0 radical (unpaired) electrons. The van der Waals surface area contributed by atoms with Crippen molar-refractivity contribution < 1.29 is 9.53 Å². The van der Waals surface area contributed by atoms with Gasteiger partial charge in [-0.1, -0.05) is 11.6 Å². The fourth-order valence-electron chi connectivity index (χ4n) is 2.89. The summed E-state index contributed by atoms with van der Waals surface area (Å²) < 4.78 is 5.83. The van der Waals surface area contributed by atoms with E-state index in [0.29, 0.717) is 10.8 Å². The van der Waals surface area contributed by atoms with Crippen LogP contribution in [0.2, 0.25) is 5.02 Å². The predicted molar refractivity (Wildman–Crippen MR) is 78.1 cm³/mol. The van der Waals surface area contributed by atoms with Gasteiger partial charge in [-0.2, -0.15) is 0 Å². The normalized spacial score (nSPS) is 26.7. The van der Waals surface area contributed by atoms with Gasteiger partial charge in [0.2, 0.25) is 0 Å². The van der Waals surface area contributed by atoms with Gasteiger partial charge >= 0.3 is 0 Å². The summed E-state index contributed by atoms with van der Waals surface area (Å²) in [7, 11) is 1.85. The van der Waals surface area contributed by atoms with Crippen LogP contribution in [0.15, 0.2) is 24.3 Å². The van der Waals surface area contributed by atoms with E-state index < -0.39 is 0 Å². The average Bonchev–Trinajstić information content (AvgIpc) is 2.97. The van der Waals surface area contributed by atoms with Crippen LogP contribution in [0.1, 0.15) is 12.8 Å². The number of carbonyl (C=O) groups is 1. The number of hydrogen-bond donors (Lipinski definition) is 0. The number of likely N-dealkylation sites (N-methyl/N-ethyl adjacent to an activating group) is 1. The third-order valence-corrected chi connectivity index (χ3v) is 4.41. The highest BCUT2D eigenvalue weighted by Gasteiger charge is 2.47. The monoisotopic (exact) mass is 294 g/mol. The molecule has 2 heterocycles. The van der Waals surface area contributed by atoms with Crippen LogP contribution in [0.25, 0.3) is 0 Å². The second kappa shape index (κ2) is 5.62. The van der Waals surface area contributed by atoms with Crippen molar-refractivity contribution in [2.45, 2.75) is 25.0 Å². The van der Waals surface area contributed by atoms with Crippen LogP contribution < -0.4 is 4.74 Å². The number of likely N-dealkylation sites (tertiary alicyclic amines) is 2. The molecule has 1 aromatic rings.